The molecule has 2 fully saturated rings. The molecule has 1 N–H and O–H groups in total. The van der Waals surface area contributed by atoms with Gasteiger partial charge in [-0.2, -0.15) is 9.97 Å². The predicted octanol–water partition coefficient (Wildman–Crippen LogP) is 10.4. The number of amides is 2. The molecule has 328 valence electrons. The molecule has 4 aliphatic rings. The number of likely N-dealkylation sites (N-methyl/N-ethyl adjacent to an activating group) is 2. The van der Waals surface area contributed by atoms with E-state index in [2.05, 4.69) is 39.7 Å². The molecular formula is C44H45Cl5N12O2. The van der Waals surface area contributed by atoms with E-state index in [-0.39, 0.29) is 29.2 Å². The van der Waals surface area contributed by atoms with Crippen LogP contribution >= 0.6 is 58.0 Å². The average molecular weight is 951 g/mol. The van der Waals surface area contributed by atoms with Crippen molar-refractivity contribution >= 4 is 92.8 Å². The van der Waals surface area contributed by atoms with Gasteiger partial charge in [-0.3, -0.25) is 14.2 Å². The van der Waals surface area contributed by atoms with Gasteiger partial charge in [-0.1, -0.05) is 60.3 Å². The summed E-state index contributed by atoms with van der Waals surface area (Å²) in [6.45, 7) is 4.09. The molecule has 14 nitrogen and oxygen atoms in total. The summed E-state index contributed by atoms with van der Waals surface area (Å²) in [5.41, 5.74) is 3.16. The highest BCUT2D eigenvalue weighted by molar-refractivity contribution is 6.35. The Bertz CT molecular complexity index is 2580. The van der Waals surface area contributed by atoms with Crippen LogP contribution in [0.25, 0.3) is 28.7 Å². The molecule has 0 saturated heterocycles. The Hall–Kier alpha value is -4.99. The molecule has 2 aromatic carbocycles. The fourth-order valence-electron chi connectivity index (χ4n) is 8.29. The van der Waals surface area contributed by atoms with E-state index < -0.39 is 0 Å². The van der Waals surface area contributed by atoms with Crippen LogP contribution in [0.15, 0.2) is 73.6 Å². The maximum absolute atomic E-state index is 13.0. The lowest BCUT2D eigenvalue weighted by molar-refractivity contribution is -0.121. The van der Waals surface area contributed by atoms with Crippen LogP contribution < -0.4 is 19.6 Å². The SMILES string of the molecule is CC[C@@H]1C(=O)N(C)c2cnc(-n3ccnc3-c3cc(Cl)cc(Cl)c3)nc2N1C1CCC1.CC[C@@H]1C(=O)N(C)c2cnc(Cl)nc2N1C1CCC1.Clc1cc(Cl)cc(-c2ncc[nH]2)c1. The maximum atomic E-state index is 13.0. The molecule has 6 aromatic rings. The van der Waals surface area contributed by atoms with Gasteiger partial charge in [-0.25, -0.2) is 19.9 Å². The molecule has 0 radical (unpaired) electrons. The number of fused-ring (bicyclic) bond motifs is 2. The van der Waals surface area contributed by atoms with E-state index in [0.717, 1.165) is 78.5 Å². The number of anilines is 4. The Kier molecular flexibility index (Phi) is 13.5. The number of nitrogens with zero attached hydrogens (tertiary/aromatic N) is 11. The number of hydrogen-bond acceptors (Lipinski definition) is 10. The van der Waals surface area contributed by atoms with Crippen molar-refractivity contribution in [3.63, 3.8) is 0 Å². The first-order valence-electron chi connectivity index (χ1n) is 20.8. The first kappa shape index (κ1) is 44.6. The molecule has 0 unspecified atom stereocenters. The molecule has 10 rings (SSSR count). The summed E-state index contributed by atoms with van der Waals surface area (Å²) in [7, 11) is 3.57. The van der Waals surface area contributed by atoms with Crippen molar-refractivity contribution in [1.82, 2.24) is 39.5 Å². The molecule has 2 atom stereocenters. The highest BCUT2D eigenvalue weighted by Crippen LogP contribution is 2.42. The summed E-state index contributed by atoms with van der Waals surface area (Å²) >= 11 is 30.0. The first-order chi connectivity index (χ1) is 30.4. The number of halogens is 5. The number of imidazole rings is 2. The monoisotopic (exact) mass is 948 g/mol. The number of nitrogens with one attached hydrogen (secondary N) is 1. The lowest BCUT2D eigenvalue weighted by Gasteiger charge is -2.47. The Labute approximate surface area is 390 Å². The van der Waals surface area contributed by atoms with Crippen molar-refractivity contribution in [2.75, 3.05) is 33.7 Å². The number of benzene rings is 2. The minimum atomic E-state index is -0.209. The number of rotatable bonds is 7. The third-order valence-electron chi connectivity index (χ3n) is 11.9. The van der Waals surface area contributed by atoms with Gasteiger partial charge in [0.05, 0.1) is 12.4 Å². The quantitative estimate of drug-likeness (QED) is 0.154. The van der Waals surface area contributed by atoms with Crippen LogP contribution in [0.1, 0.15) is 65.2 Å². The van der Waals surface area contributed by atoms with E-state index >= 15 is 0 Å². The van der Waals surface area contributed by atoms with Gasteiger partial charge < -0.3 is 24.6 Å². The lowest BCUT2D eigenvalue weighted by atomic mass is 9.88. The number of aromatic amines is 1. The van der Waals surface area contributed by atoms with E-state index in [4.69, 9.17) is 63.0 Å². The summed E-state index contributed by atoms with van der Waals surface area (Å²) in [6, 6.07) is 11.0. The van der Waals surface area contributed by atoms with Gasteiger partial charge in [0.2, 0.25) is 23.0 Å². The summed E-state index contributed by atoms with van der Waals surface area (Å²) in [4.78, 5) is 62.5. The standard InChI is InChI=1S/C22H22Cl2N6O.C13H17ClN4O.C9H6Cl2N2/c1-3-17-21(31)28(2)18-12-26-22(27-20(18)30(17)16-5-4-6-16)29-8-7-25-19(29)13-9-14(23)11-15(24)10-13;1-3-9-12(19)17(2)10-7-15-13(14)16-11(10)18(9)8-5-4-6-8;10-7-3-6(4-8(11)5-7)9-12-1-2-13-9/h7-12,16-17H,3-6H2,1-2H3;7-9H,3-6H2,1-2H3;1-5H,(H,12,13)/t17-;9-;/m11./s1. The summed E-state index contributed by atoms with van der Waals surface area (Å²) in [5.74, 6) is 3.72. The molecule has 19 heteroatoms. The number of hydrogen-bond donors (Lipinski definition) is 1. The zero-order chi connectivity index (χ0) is 44.5. The number of aromatic nitrogens is 8. The van der Waals surface area contributed by atoms with Crippen LogP contribution in [0.2, 0.25) is 25.4 Å². The first-order valence-corrected chi connectivity index (χ1v) is 22.7. The van der Waals surface area contributed by atoms with Crippen molar-refractivity contribution < 1.29 is 9.59 Å². The van der Waals surface area contributed by atoms with Gasteiger partial charge in [0.15, 0.2) is 11.6 Å². The van der Waals surface area contributed by atoms with Crippen molar-refractivity contribution in [2.45, 2.75) is 89.4 Å². The summed E-state index contributed by atoms with van der Waals surface area (Å²) in [5, 5.41) is 2.52. The van der Waals surface area contributed by atoms with Crippen LogP contribution in [0.3, 0.4) is 0 Å². The van der Waals surface area contributed by atoms with E-state index in [1.165, 1.54) is 12.8 Å². The Morgan fingerprint density at radius 3 is 1.62 bits per heavy atom. The minimum Gasteiger partial charge on any atom is -0.345 e. The zero-order valence-electron chi connectivity index (χ0n) is 35.0. The number of carbonyl (C=O) groups excluding carboxylic acids is 2. The molecule has 2 saturated carbocycles. The third-order valence-corrected chi connectivity index (χ3v) is 12.9. The normalized spacial score (nSPS) is 18.4. The van der Waals surface area contributed by atoms with E-state index in [1.54, 1.807) is 67.0 Å². The predicted molar refractivity (Wildman–Crippen MR) is 251 cm³/mol. The molecule has 0 bridgehead atoms. The smallest absolute Gasteiger partial charge is 0.249 e. The molecular weight excluding hydrogens is 906 g/mol. The molecule has 0 spiro atoms. The van der Waals surface area contributed by atoms with Gasteiger partial charge in [0, 0.05) is 82.2 Å². The maximum Gasteiger partial charge on any atom is 0.249 e. The van der Waals surface area contributed by atoms with Crippen molar-refractivity contribution in [3.8, 4) is 28.7 Å². The van der Waals surface area contributed by atoms with E-state index in [0.29, 0.717) is 43.9 Å². The Morgan fingerprint density at radius 1 is 0.635 bits per heavy atom. The molecule has 4 aromatic heterocycles. The average Bonchev–Trinajstić information content (AvgIpc) is 3.95. The van der Waals surface area contributed by atoms with Gasteiger partial charge in [-0.15, -0.1) is 0 Å². The Balaban J connectivity index is 0.000000144. The van der Waals surface area contributed by atoms with E-state index in [9.17, 15) is 9.59 Å². The largest absolute Gasteiger partial charge is 0.345 e. The lowest BCUT2D eigenvalue weighted by Crippen LogP contribution is -2.57. The second kappa shape index (κ2) is 19.0. The van der Waals surface area contributed by atoms with Crippen LogP contribution in [0.5, 0.6) is 0 Å². The van der Waals surface area contributed by atoms with Crippen LogP contribution in [0.4, 0.5) is 23.0 Å². The zero-order valence-corrected chi connectivity index (χ0v) is 38.8. The molecule has 2 aliphatic heterocycles. The second-order valence-corrected chi connectivity index (χ2v) is 17.8. The van der Waals surface area contributed by atoms with Crippen LogP contribution in [-0.2, 0) is 9.59 Å². The summed E-state index contributed by atoms with van der Waals surface area (Å²) < 4.78 is 1.82. The summed E-state index contributed by atoms with van der Waals surface area (Å²) in [6.07, 6.45) is 18.6. The highest BCUT2D eigenvalue weighted by Gasteiger charge is 2.43. The topological polar surface area (TPSA) is 145 Å². The molecule has 63 heavy (non-hydrogen) atoms. The van der Waals surface area contributed by atoms with E-state index in [1.807, 2.05) is 48.9 Å². The fraction of sp³-hybridized carbons (Fsp3) is 0.364. The fourth-order valence-corrected chi connectivity index (χ4v) is 9.47. The number of H-pyrrole nitrogens is 1. The van der Waals surface area contributed by atoms with Gasteiger partial charge >= 0.3 is 0 Å². The number of carbonyl (C=O) groups is 2. The molecule has 6 heterocycles. The Morgan fingerprint density at radius 2 is 1.14 bits per heavy atom. The molecule has 2 aliphatic carbocycles. The third kappa shape index (κ3) is 9.06. The van der Waals surface area contributed by atoms with Crippen molar-refractivity contribution in [1.29, 1.82) is 0 Å². The minimum absolute atomic E-state index is 0.0927. The van der Waals surface area contributed by atoms with Crippen LogP contribution in [-0.4, -0.2) is 89.5 Å². The van der Waals surface area contributed by atoms with Gasteiger partial charge in [0.25, 0.3) is 0 Å². The second-order valence-electron chi connectivity index (χ2n) is 15.7. The van der Waals surface area contributed by atoms with Crippen molar-refractivity contribution in [2.24, 2.45) is 0 Å². The van der Waals surface area contributed by atoms with Crippen molar-refractivity contribution in [3.05, 3.63) is 99.0 Å². The van der Waals surface area contributed by atoms with Gasteiger partial charge in [-0.05, 0) is 99.4 Å². The van der Waals surface area contributed by atoms with Gasteiger partial charge in [0.1, 0.15) is 35.1 Å². The highest BCUT2D eigenvalue weighted by atomic mass is 35.5. The molecule has 2 amide bonds. The van der Waals surface area contributed by atoms with Crippen LogP contribution in [0, 0.1) is 0 Å².